The van der Waals surface area contributed by atoms with Crippen LogP contribution >= 0.6 is 31.9 Å². The zero-order valence-electron chi connectivity index (χ0n) is 7.00. The lowest BCUT2D eigenvalue weighted by atomic mass is 10.3. The third-order valence-corrected chi connectivity index (χ3v) is 2.70. The Kier molecular flexibility index (Phi) is 2.69. The van der Waals surface area contributed by atoms with Crippen molar-refractivity contribution in [2.24, 2.45) is 0 Å². The van der Waals surface area contributed by atoms with Crippen molar-refractivity contribution in [3.63, 3.8) is 0 Å². The highest BCUT2D eigenvalue weighted by Gasteiger charge is 2.10. The van der Waals surface area contributed by atoms with E-state index in [1.54, 1.807) is 0 Å². The van der Waals surface area contributed by atoms with Crippen molar-refractivity contribution in [1.29, 1.82) is 0 Å². The lowest BCUT2D eigenvalue weighted by Gasteiger charge is -2.01. The van der Waals surface area contributed by atoms with Gasteiger partial charge in [-0.2, -0.15) is 0 Å². The zero-order chi connectivity index (χ0) is 10.1. The molecule has 0 aliphatic carbocycles. The molecule has 1 aromatic heterocycles. The Hall–Kier alpha value is -0.680. The summed E-state index contributed by atoms with van der Waals surface area (Å²) in [6.45, 7) is 0. The maximum atomic E-state index is 11.5. The van der Waals surface area contributed by atoms with Gasteiger partial charge in [0.1, 0.15) is 9.43 Å². The molecule has 3 nitrogen and oxygen atoms in total. The Morgan fingerprint density at radius 2 is 2.00 bits per heavy atom. The molecule has 0 radical (unpaired) electrons. The van der Waals surface area contributed by atoms with Crippen LogP contribution in [0, 0.1) is 0 Å². The lowest BCUT2D eigenvalue weighted by Crippen LogP contribution is -2.14. The van der Waals surface area contributed by atoms with Gasteiger partial charge < -0.3 is 4.98 Å². The molecular weight excluding hydrogens is 312 g/mol. The Morgan fingerprint density at radius 3 is 2.71 bits per heavy atom. The summed E-state index contributed by atoms with van der Waals surface area (Å²) in [7, 11) is 0. The van der Waals surface area contributed by atoms with E-state index in [1.165, 1.54) is 0 Å². The molecule has 72 valence electrons. The molecule has 0 saturated carbocycles. The summed E-state index contributed by atoms with van der Waals surface area (Å²) in [5, 5.41) is 0. The number of aromatic amines is 1. The molecule has 1 aromatic carbocycles. The fraction of sp³-hybridized carbons (Fsp3) is 0.111. The number of H-pyrrole nitrogens is 1. The van der Waals surface area contributed by atoms with E-state index in [0.717, 1.165) is 11.0 Å². The molecule has 0 bridgehead atoms. The summed E-state index contributed by atoms with van der Waals surface area (Å²) in [4.78, 5) is 18.5. The van der Waals surface area contributed by atoms with Crippen LogP contribution in [0.1, 0.15) is 9.43 Å². The normalized spacial score (nSPS) is 11.1. The van der Waals surface area contributed by atoms with Gasteiger partial charge in [0.2, 0.25) is 0 Å². The molecule has 14 heavy (non-hydrogen) atoms. The van der Waals surface area contributed by atoms with E-state index in [9.17, 15) is 4.79 Å². The molecule has 1 heterocycles. The van der Waals surface area contributed by atoms with Crippen molar-refractivity contribution >= 4 is 42.9 Å². The van der Waals surface area contributed by atoms with Gasteiger partial charge in [0.25, 0.3) is 5.56 Å². The summed E-state index contributed by atoms with van der Waals surface area (Å²) in [6.07, 6.45) is 0. The van der Waals surface area contributed by atoms with Crippen molar-refractivity contribution in [1.82, 2.24) is 9.97 Å². The SMILES string of the molecule is O=c1[nH]c2ccccc2nc1C(Br)Br. The number of aromatic nitrogens is 2. The molecule has 0 aliphatic heterocycles. The first kappa shape index (κ1) is 9.86. The van der Waals surface area contributed by atoms with Gasteiger partial charge in [-0.1, -0.05) is 44.0 Å². The maximum absolute atomic E-state index is 11.5. The molecule has 2 aromatic rings. The number of rotatable bonds is 1. The molecule has 0 spiro atoms. The minimum atomic E-state index is -0.219. The van der Waals surface area contributed by atoms with Crippen LogP contribution in [0.4, 0.5) is 0 Å². The van der Waals surface area contributed by atoms with Crippen LogP contribution in [-0.2, 0) is 0 Å². The predicted octanol–water partition coefficient (Wildman–Crippen LogP) is 2.71. The smallest absolute Gasteiger partial charge is 0.272 e. The maximum Gasteiger partial charge on any atom is 0.272 e. The highest BCUT2D eigenvalue weighted by molar-refractivity contribution is 9.24. The van der Waals surface area contributed by atoms with Crippen molar-refractivity contribution in [3.05, 3.63) is 40.3 Å². The van der Waals surface area contributed by atoms with E-state index in [0.29, 0.717) is 5.69 Å². The molecular formula is C9H6Br2N2O. The van der Waals surface area contributed by atoms with Crippen molar-refractivity contribution in [2.75, 3.05) is 0 Å². The summed E-state index contributed by atoms with van der Waals surface area (Å²) in [6, 6.07) is 7.43. The molecule has 5 heteroatoms. The minimum absolute atomic E-state index is 0.178. The van der Waals surface area contributed by atoms with Gasteiger partial charge in [-0.15, -0.1) is 0 Å². The largest absolute Gasteiger partial charge is 0.319 e. The van der Waals surface area contributed by atoms with Crippen molar-refractivity contribution < 1.29 is 0 Å². The van der Waals surface area contributed by atoms with Gasteiger partial charge >= 0.3 is 0 Å². The quantitative estimate of drug-likeness (QED) is 0.822. The lowest BCUT2D eigenvalue weighted by molar-refractivity contribution is 1.11. The molecule has 0 atom stereocenters. The highest BCUT2D eigenvalue weighted by atomic mass is 79.9. The van der Waals surface area contributed by atoms with Crippen LogP contribution in [0.25, 0.3) is 11.0 Å². The Bertz CT molecular complexity index is 521. The van der Waals surface area contributed by atoms with E-state index in [4.69, 9.17) is 0 Å². The number of benzene rings is 1. The third kappa shape index (κ3) is 1.74. The topological polar surface area (TPSA) is 45.8 Å². The Morgan fingerprint density at radius 1 is 1.29 bits per heavy atom. The van der Waals surface area contributed by atoms with Crippen molar-refractivity contribution in [2.45, 2.75) is 3.74 Å². The Balaban J connectivity index is 2.78. The fourth-order valence-corrected chi connectivity index (χ4v) is 1.81. The second-order valence-corrected chi connectivity index (χ2v) is 5.83. The van der Waals surface area contributed by atoms with E-state index in [-0.39, 0.29) is 9.30 Å². The number of nitrogens with one attached hydrogen (secondary N) is 1. The molecule has 2 rings (SSSR count). The summed E-state index contributed by atoms with van der Waals surface area (Å²) >= 11 is 6.51. The van der Waals surface area contributed by atoms with Crippen LogP contribution in [0.5, 0.6) is 0 Å². The van der Waals surface area contributed by atoms with Crippen LogP contribution in [-0.4, -0.2) is 9.97 Å². The van der Waals surface area contributed by atoms with Gasteiger partial charge in [0, 0.05) is 0 Å². The standard InChI is InChI=1S/C9H6Br2N2O/c10-8(11)7-9(14)13-6-4-2-1-3-5(6)12-7/h1-4,8H,(H,13,14). The molecule has 0 unspecified atom stereocenters. The van der Waals surface area contributed by atoms with Gasteiger partial charge in [0.15, 0.2) is 0 Å². The first-order valence-electron chi connectivity index (χ1n) is 3.95. The van der Waals surface area contributed by atoms with Gasteiger partial charge in [0.05, 0.1) is 11.0 Å². The molecule has 0 saturated heterocycles. The zero-order valence-corrected chi connectivity index (χ0v) is 10.2. The van der Waals surface area contributed by atoms with Crippen LogP contribution in [0.2, 0.25) is 0 Å². The molecule has 0 aliphatic rings. The number of nitrogens with zero attached hydrogens (tertiary/aromatic N) is 1. The number of alkyl halides is 2. The number of halogens is 2. The first-order valence-corrected chi connectivity index (χ1v) is 5.79. The minimum Gasteiger partial charge on any atom is -0.319 e. The molecule has 0 amide bonds. The van der Waals surface area contributed by atoms with Crippen LogP contribution in [0.15, 0.2) is 29.1 Å². The first-order chi connectivity index (χ1) is 6.68. The second kappa shape index (κ2) is 3.82. The van der Waals surface area contributed by atoms with Crippen LogP contribution < -0.4 is 5.56 Å². The second-order valence-electron chi connectivity index (χ2n) is 2.77. The van der Waals surface area contributed by atoms with E-state index in [2.05, 4.69) is 41.8 Å². The van der Waals surface area contributed by atoms with Gasteiger partial charge in [-0.25, -0.2) is 4.98 Å². The summed E-state index contributed by atoms with van der Waals surface area (Å²) in [5.74, 6) is 0. The molecule has 0 fully saturated rings. The number of hydrogen-bond acceptors (Lipinski definition) is 2. The number of para-hydroxylation sites is 2. The van der Waals surface area contributed by atoms with E-state index >= 15 is 0 Å². The third-order valence-electron chi connectivity index (χ3n) is 1.83. The van der Waals surface area contributed by atoms with Crippen LogP contribution in [0.3, 0.4) is 0 Å². The predicted molar refractivity (Wildman–Crippen MR) is 63.0 cm³/mol. The number of hydrogen-bond donors (Lipinski definition) is 1. The Labute approximate surface area is 96.8 Å². The van der Waals surface area contributed by atoms with E-state index in [1.807, 2.05) is 24.3 Å². The monoisotopic (exact) mass is 316 g/mol. The van der Waals surface area contributed by atoms with E-state index < -0.39 is 0 Å². The highest BCUT2D eigenvalue weighted by Crippen LogP contribution is 2.25. The average Bonchev–Trinajstić information content (AvgIpc) is 2.16. The molecule has 1 N–H and O–H groups in total. The average molecular weight is 318 g/mol. The van der Waals surface area contributed by atoms with Gasteiger partial charge in [-0.3, -0.25) is 4.79 Å². The van der Waals surface area contributed by atoms with Crippen molar-refractivity contribution in [3.8, 4) is 0 Å². The summed E-state index contributed by atoms with van der Waals surface area (Å²) in [5.41, 5.74) is 1.79. The van der Waals surface area contributed by atoms with Gasteiger partial charge in [-0.05, 0) is 12.1 Å². The fourth-order valence-electron chi connectivity index (χ4n) is 1.19. The summed E-state index contributed by atoms with van der Waals surface area (Å²) < 4.78 is -0.219. The number of fused-ring (bicyclic) bond motifs is 1.